The van der Waals surface area contributed by atoms with Crippen molar-refractivity contribution in [3.05, 3.63) is 0 Å². The summed E-state index contributed by atoms with van der Waals surface area (Å²) in [5.41, 5.74) is 5.60. The van der Waals surface area contributed by atoms with Crippen LogP contribution in [0.1, 0.15) is 340 Å². The molecule has 0 nitrogen and oxygen atoms in total. The van der Waals surface area contributed by atoms with Gasteiger partial charge in [0.05, 0.1) is 0 Å². The first-order valence-corrected chi connectivity index (χ1v) is 32.9. The molecule has 73 heavy (non-hydrogen) atoms. The van der Waals surface area contributed by atoms with Crippen molar-refractivity contribution in [2.75, 3.05) is 0 Å². The quantitative estimate of drug-likeness (QED) is 0.227. The summed E-state index contributed by atoms with van der Waals surface area (Å²) in [6.45, 7) is 58.1. The third-order valence-electron chi connectivity index (χ3n) is 20.5. The summed E-state index contributed by atoms with van der Waals surface area (Å²) in [5, 5.41) is 0. The standard InChI is InChI=1S/C20H36.C20H38.C17H32.C16H32/c1-17(2,3)12-19-8-15-7-16(9-19)11-20(10-15,14-19)13-18(4,5)6;1-19(2,3)13-15-7-9-18-12-16(14-20(4,5)6)8-10-17(18)11-15;1-16(2,3)10-14-12-7-8-13(9-12)15(14)11-17(4,5)6;1-15(2,3)11-13-7-9-14(10-8-13)12-16(4,5)6/h15-16H,7-14H2,1-6H3;15-18H,7-14H2,1-6H3;12-15H,7-11H2,1-6H3;13-14H,7-12H2,1-6H3. The first-order valence-electron chi connectivity index (χ1n) is 32.9. The van der Waals surface area contributed by atoms with Crippen LogP contribution in [0.15, 0.2) is 0 Å². The van der Waals surface area contributed by atoms with E-state index in [-0.39, 0.29) is 0 Å². The molecule has 9 rings (SSSR count). The second-order valence-electron chi connectivity index (χ2n) is 39.5. The van der Waals surface area contributed by atoms with E-state index in [4.69, 9.17) is 0 Å². The molecule has 0 aromatic rings. The highest BCUT2D eigenvalue weighted by molar-refractivity contribution is 5.09. The molecular weight excluding hydrogens is 877 g/mol. The summed E-state index contributed by atoms with van der Waals surface area (Å²) >= 11 is 0. The largest absolute Gasteiger partial charge is 0.0602 e. The summed E-state index contributed by atoms with van der Waals surface area (Å²) in [7, 11) is 0. The molecular formula is C73H138. The van der Waals surface area contributed by atoms with E-state index in [9.17, 15) is 0 Å². The topological polar surface area (TPSA) is 0 Å². The lowest BCUT2D eigenvalue weighted by Gasteiger charge is -2.64. The Labute approximate surface area is 462 Å². The van der Waals surface area contributed by atoms with E-state index in [2.05, 4.69) is 166 Å². The summed E-state index contributed by atoms with van der Waals surface area (Å²) < 4.78 is 0. The van der Waals surface area contributed by atoms with Gasteiger partial charge in [0, 0.05) is 0 Å². The molecule has 9 aliphatic carbocycles. The molecule has 8 unspecified atom stereocenters. The normalized spacial score (nSPS) is 36.8. The van der Waals surface area contributed by atoms with Gasteiger partial charge in [0.1, 0.15) is 0 Å². The Bertz CT molecular complexity index is 1490. The lowest BCUT2D eigenvalue weighted by molar-refractivity contribution is -0.136. The van der Waals surface area contributed by atoms with Crippen LogP contribution in [0.2, 0.25) is 0 Å². The molecule has 8 atom stereocenters. The van der Waals surface area contributed by atoms with Crippen molar-refractivity contribution in [2.24, 2.45) is 125 Å². The first-order chi connectivity index (χ1) is 32.9. The lowest BCUT2D eigenvalue weighted by Crippen LogP contribution is -2.53. The van der Waals surface area contributed by atoms with E-state index >= 15 is 0 Å². The Morgan fingerprint density at radius 1 is 0.260 bits per heavy atom. The van der Waals surface area contributed by atoms with E-state index < -0.39 is 0 Å². The maximum absolute atomic E-state index is 2.46. The van der Waals surface area contributed by atoms with Gasteiger partial charge in [-0.1, -0.05) is 205 Å². The number of fused-ring (bicyclic) bond motifs is 3. The van der Waals surface area contributed by atoms with Gasteiger partial charge >= 0.3 is 0 Å². The molecule has 0 aromatic carbocycles. The molecule has 0 N–H and O–H groups in total. The second kappa shape index (κ2) is 24.0. The molecule has 0 heterocycles. The van der Waals surface area contributed by atoms with E-state index in [0.29, 0.717) is 54.1 Å². The van der Waals surface area contributed by atoms with Gasteiger partial charge in [0.15, 0.2) is 0 Å². The predicted molar refractivity (Wildman–Crippen MR) is 327 cm³/mol. The summed E-state index contributed by atoms with van der Waals surface area (Å²) in [4.78, 5) is 0. The fraction of sp³-hybridized carbons (Fsp3) is 1.00. The SMILES string of the molecule is CC(C)(C)CC12CC3CC(C1)CC(CC(C)(C)C)(C3)C2.CC(C)(C)CC1C2CCC(C2)C1CC(C)(C)C.CC(C)(C)CC1CCC(CC(C)(C)C)CC1.CC(C)(C)CC1CCC2CC(CC(C)(C)C)CCC2C1. The minimum Gasteiger partial charge on any atom is -0.0602 e. The molecule has 0 aromatic heterocycles. The molecule has 9 aliphatic rings. The van der Waals surface area contributed by atoms with Gasteiger partial charge in [-0.05, 0) is 260 Å². The minimum atomic E-state index is 0.509. The van der Waals surface area contributed by atoms with Crippen LogP contribution < -0.4 is 0 Å². The molecule has 430 valence electrons. The molecule has 0 amide bonds. The molecule has 0 radical (unpaired) electrons. The Balaban J connectivity index is 0.000000181. The highest BCUT2D eigenvalue weighted by Gasteiger charge is 2.58. The number of rotatable bonds is 8. The highest BCUT2D eigenvalue weighted by atomic mass is 14.6. The van der Waals surface area contributed by atoms with E-state index in [1.807, 2.05) is 0 Å². The van der Waals surface area contributed by atoms with Crippen molar-refractivity contribution in [1.82, 2.24) is 0 Å². The zero-order valence-corrected chi connectivity index (χ0v) is 55.0. The van der Waals surface area contributed by atoms with Crippen molar-refractivity contribution < 1.29 is 0 Å². The number of hydrogen-bond donors (Lipinski definition) is 0. The molecule has 0 heteroatoms. The van der Waals surface area contributed by atoms with Crippen LogP contribution in [0.4, 0.5) is 0 Å². The molecule has 9 fully saturated rings. The fourth-order valence-electron chi connectivity index (χ4n) is 20.5. The van der Waals surface area contributed by atoms with Gasteiger partial charge in [-0.25, -0.2) is 0 Å². The summed E-state index contributed by atoms with van der Waals surface area (Å²) in [6, 6.07) is 0. The predicted octanol–water partition coefficient (Wildman–Crippen LogP) is 24.3. The van der Waals surface area contributed by atoms with Crippen LogP contribution in [0.3, 0.4) is 0 Å². The fourth-order valence-corrected chi connectivity index (χ4v) is 20.5. The zero-order valence-electron chi connectivity index (χ0n) is 55.0. The van der Waals surface area contributed by atoms with Crippen LogP contribution in [0.5, 0.6) is 0 Å². The highest BCUT2D eigenvalue weighted by Crippen LogP contribution is 2.70. The lowest BCUT2D eigenvalue weighted by atomic mass is 9.41. The molecule has 0 spiro atoms. The number of hydrogen-bond acceptors (Lipinski definition) is 0. The van der Waals surface area contributed by atoms with Crippen molar-refractivity contribution in [3.8, 4) is 0 Å². The maximum atomic E-state index is 2.46. The summed E-state index contributed by atoms with van der Waals surface area (Å²) in [6.07, 6.45) is 40.7. The van der Waals surface area contributed by atoms with E-state index in [1.165, 1.54) is 116 Å². The zero-order chi connectivity index (χ0) is 55.0. The van der Waals surface area contributed by atoms with Crippen molar-refractivity contribution >= 4 is 0 Å². The molecule has 6 bridgehead atoms. The Morgan fingerprint density at radius 3 is 0.795 bits per heavy atom. The van der Waals surface area contributed by atoms with Gasteiger partial charge in [-0.15, -0.1) is 0 Å². The van der Waals surface area contributed by atoms with E-state index in [1.54, 1.807) is 57.8 Å². The van der Waals surface area contributed by atoms with Crippen molar-refractivity contribution in [1.29, 1.82) is 0 Å². The van der Waals surface area contributed by atoms with Crippen molar-refractivity contribution in [3.63, 3.8) is 0 Å². The maximum Gasteiger partial charge on any atom is -0.0282 e. The first kappa shape index (κ1) is 63.8. The van der Waals surface area contributed by atoms with E-state index in [0.717, 1.165) is 71.0 Å². The van der Waals surface area contributed by atoms with Crippen LogP contribution >= 0.6 is 0 Å². The minimum absolute atomic E-state index is 0.509. The van der Waals surface area contributed by atoms with Gasteiger partial charge in [-0.2, -0.15) is 0 Å². The van der Waals surface area contributed by atoms with Crippen LogP contribution in [0, 0.1) is 125 Å². The second-order valence-corrected chi connectivity index (χ2v) is 39.5. The van der Waals surface area contributed by atoms with Crippen LogP contribution in [-0.4, -0.2) is 0 Å². The van der Waals surface area contributed by atoms with Gasteiger partial charge in [0.2, 0.25) is 0 Å². The van der Waals surface area contributed by atoms with Gasteiger partial charge < -0.3 is 0 Å². The molecule has 0 aliphatic heterocycles. The van der Waals surface area contributed by atoms with Crippen molar-refractivity contribution in [2.45, 2.75) is 340 Å². The smallest absolute Gasteiger partial charge is 0.0282 e. The average Bonchev–Trinajstić information content (AvgIpc) is 3.73. The Hall–Kier alpha value is 0. The average molecular weight is 1020 g/mol. The molecule has 0 saturated heterocycles. The Morgan fingerprint density at radius 2 is 0.521 bits per heavy atom. The molecule has 9 saturated carbocycles. The Kier molecular flexibility index (Phi) is 21.0. The van der Waals surface area contributed by atoms with Gasteiger partial charge in [0.25, 0.3) is 0 Å². The van der Waals surface area contributed by atoms with Gasteiger partial charge in [-0.3, -0.25) is 0 Å². The van der Waals surface area contributed by atoms with Crippen LogP contribution in [0.25, 0.3) is 0 Å². The summed E-state index contributed by atoms with van der Waals surface area (Å²) in [5.74, 6) is 12.6. The third kappa shape index (κ3) is 22.6. The third-order valence-corrected chi connectivity index (χ3v) is 20.5. The van der Waals surface area contributed by atoms with Crippen LogP contribution in [-0.2, 0) is 0 Å². The monoisotopic (exact) mass is 1020 g/mol.